The molecule has 0 aliphatic heterocycles. The molecule has 0 bridgehead atoms. The van der Waals surface area contributed by atoms with Crippen molar-refractivity contribution in [2.45, 2.75) is 12.5 Å². The smallest absolute Gasteiger partial charge is 0.123 e. The molecule has 1 heterocycles. The Balaban J connectivity index is 2.08. The second-order valence-electron chi connectivity index (χ2n) is 3.61. The fraction of sp³-hybridized carbons (Fsp3) is 0.167. The Morgan fingerprint density at radius 2 is 1.88 bits per heavy atom. The Bertz CT molecular complexity index is 442. The van der Waals surface area contributed by atoms with Gasteiger partial charge in [0.1, 0.15) is 5.82 Å². The third-order valence-corrected chi connectivity index (χ3v) is 2.40. The molecular weight excluding hydrogens is 205 g/mol. The van der Waals surface area contributed by atoms with Crippen LogP contribution in [0.15, 0.2) is 42.7 Å². The number of halogens is 1. The first-order chi connectivity index (χ1) is 7.75. The van der Waals surface area contributed by atoms with Crippen molar-refractivity contribution >= 4 is 0 Å². The molecule has 2 rings (SSSR count). The summed E-state index contributed by atoms with van der Waals surface area (Å²) in [6.45, 7) is 0. The Kier molecular flexibility index (Phi) is 3.22. The van der Waals surface area contributed by atoms with Crippen molar-refractivity contribution in [2.75, 3.05) is 0 Å². The van der Waals surface area contributed by atoms with E-state index in [4.69, 9.17) is 5.73 Å². The molecule has 1 unspecified atom stereocenters. The maximum absolute atomic E-state index is 12.7. The summed E-state index contributed by atoms with van der Waals surface area (Å²) in [5.74, 6) is -0.233. The minimum absolute atomic E-state index is 0.138. The number of nitrogens with zero attached hydrogens (tertiary/aromatic N) is 2. The largest absolute Gasteiger partial charge is 0.324 e. The standard InChI is InChI=1S/C12H12FN3/c13-11-3-1-9(2-4-11)7-12(14)10-5-6-15-16-8-10/h1-6,8,12H,7,14H2. The number of rotatable bonds is 3. The lowest BCUT2D eigenvalue weighted by atomic mass is 10.0. The third kappa shape index (κ3) is 2.61. The molecule has 16 heavy (non-hydrogen) atoms. The fourth-order valence-electron chi connectivity index (χ4n) is 1.51. The highest BCUT2D eigenvalue weighted by molar-refractivity contribution is 5.20. The summed E-state index contributed by atoms with van der Waals surface area (Å²) in [6, 6.07) is 8.05. The van der Waals surface area contributed by atoms with Gasteiger partial charge in [-0.15, -0.1) is 0 Å². The number of benzene rings is 1. The van der Waals surface area contributed by atoms with E-state index in [0.717, 1.165) is 11.1 Å². The second kappa shape index (κ2) is 4.81. The first kappa shape index (κ1) is 10.7. The first-order valence-corrected chi connectivity index (χ1v) is 5.02. The highest BCUT2D eigenvalue weighted by atomic mass is 19.1. The quantitative estimate of drug-likeness (QED) is 0.853. The van der Waals surface area contributed by atoms with Crippen LogP contribution >= 0.6 is 0 Å². The molecule has 0 saturated heterocycles. The monoisotopic (exact) mass is 217 g/mol. The maximum atomic E-state index is 12.7. The lowest BCUT2D eigenvalue weighted by Gasteiger charge is -2.10. The van der Waals surface area contributed by atoms with Crippen LogP contribution in [-0.4, -0.2) is 10.2 Å². The van der Waals surface area contributed by atoms with Crippen molar-refractivity contribution in [3.05, 3.63) is 59.7 Å². The van der Waals surface area contributed by atoms with Crippen LogP contribution in [0.4, 0.5) is 4.39 Å². The molecule has 0 fully saturated rings. The maximum Gasteiger partial charge on any atom is 0.123 e. The molecule has 0 amide bonds. The summed E-state index contributed by atoms with van der Waals surface area (Å²) >= 11 is 0. The molecule has 0 radical (unpaired) electrons. The fourth-order valence-corrected chi connectivity index (χ4v) is 1.51. The first-order valence-electron chi connectivity index (χ1n) is 5.02. The van der Waals surface area contributed by atoms with Gasteiger partial charge in [0.05, 0.1) is 6.20 Å². The highest BCUT2D eigenvalue weighted by Gasteiger charge is 2.07. The van der Waals surface area contributed by atoms with Crippen LogP contribution in [0.25, 0.3) is 0 Å². The molecular formula is C12H12FN3. The summed E-state index contributed by atoms with van der Waals surface area (Å²) in [6.07, 6.45) is 3.92. The molecule has 1 aromatic carbocycles. The number of nitrogens with two attached hydrogens (primary N) is 1. The van der Waals surface area contributed by atoms with Gasteiger partial charge in [0, 0.05) is 12.2 Å². The van der Waals surface area contributed by atoms with Gasteiger partial charge in [-0.1, -0.05) is 12.1 Å². The van der Waals surface area contributed by atoms with Gasteiger partial charge in [-0.2, -0.15) is 10.2 Å². The highest BCUT2D eigenvalue weighted by Crippen LogP contribution is 2.14. The van der Waals surface area contributed by atoms with Gasteiger partial charge in [-0.3, -0.25) is 0 Å². The van der Waals surface area contributed by atoms with Gasteiger partial charge in [0.2, 0.25) is 0 Å². The van der Waals surface area contributed by atoms with Gasteiger partial charge < -0.3 is 5.73 Å². The van der Waals surface area contributed by atoms with E-state index in [2.05, 4.69) is 10.2 Å². The number of hydrogen-bond acceptors (Lipinski definition) is 3. The minimum atomic E-state index is -0.233. The number of hydrogen-bond donors (Lipinski definition) is 1. The van der Waals surface area contributed by atoms with Crippen LogP contribution in [-0.2, 0) is 6.42 Å². The van der Waals surface area contributed by atoms with Crippen molar-refractivity contribution in [3.8, 4) is 0 Å². The average Bonchev–Trinajstić information content (AvgIpc) is 2.33. The lowest BCUT2D eigenvalue weighted by molar-refractivity contribution is 0.625. The van der Waals surface area contributed by atoms with E-state index in [1.54, 1.807) is 24.5 Å². The van der Waals surface area contributed by atoms with Crippen molar-refractivity contribution in [3.63, 3.8) is 0 Å². The van der Waals surface area contributed by atoms with Crippen molar-refractivity contribution in [1.29, 1.82) is 0 Å². The van der Waals surface area contributed by atoms with E-state index >= 15 is 0 Å². The topological polar surface area (TPSA) is 51.8 Å². The van der Waals surface area contributed by atoms with Gasteiger partial charge in [-0.05, 0) is 35.7 Å². The van der Waals surface area contributed by atoms with E-state index in [0.29, 0.717) is 6.42 Å². The minimum Gasteiger partial charge on any atom is -0.324 e. The van der Waals surface area contributed by atoms with Crippen LogP contribution in [0.3, 0.4) is 0 Å². The molecule has 2 aromatic rings. The van der Waals surface area contributed by atoms with Gasteiger partial charge in [0.15, 0.2) is 0 Å². The molecule has 0 spiro atoms. The summed E-state index contributed by atoms with van der Waals surface area (Å²) in [7, 11) is 0. The third-order valence-electron chi connectivity index (χ3n) is 2.40. The van der Waals surface area contributed by atoms with E-state index in [9.17, 15) is 4.39 Å². The van der Waals surface area contributed by atoms with Gasteiger partial charge in [-0.25, -0.2) is 4.39 Å². The molecule has 4 heteroatoms. The zero-order valence-corrected chi connectivity index (χ0v) is 8.68. The Morgan fingerprint density at radius 1 is 1.12 bits per heavy atom. The van der Waals surface area contributed by atoms with E-state index < -0.39 is 0 Å². The molecule has 3 nitrogen and oxygen atoms in total. The Labute approximate surface area is 93.1 Å². The molecule has 0 aliphatic carbocycles. The molecule has 82 valence electrons. The normalized spacial score (nSPS) is 12.4. The van der Waals surface area contributed by atoms with Crippen molar-refractivity contribution in [1.82, 2.24) is 10.2 Å². The van der Waals surface area contributed by atoms with Crippen LogP contribution in [0.5, 0.6) is 0 Å². The lowest BCUT2D eigenvalue weighted by Crippen LogP contribution is -2.13. The van der Waals surface area contributed by atoms with Gasteiger partial charge >= 0.3 is 0 Å². The number of aromatic nitrogens is 2. The Morgan fingerprint density at radius 3 is 2.50 bits per heavy atom. The zero-order chi connectivity index (χ0) is 11.4. The summed E-state index contributed by atoms with van der Waals surface area (Å²) in [5, 5.41) is 7.46. The van der Waals surface area contributed by atoms with E-state index in [1.807, 2.05) is 6.07 Å². The van der Waals surface area contributed by atoms with Crippen LogP contribution < -0.4 is 5.73 Å². The second-order valence-corrected chi connectivity index (χ2v) is 3.61. The predicted octanol–water partition coefficient (Wildman–Crippen LogP) is 1.86. The molecule has 0 saturated carbocycles. The molecule has 0 aliphatic rings. The summed E-state index contributed by atoms with van der Waals surface area (Å²) in [4.78, 5) is 0. The van der Waals surface area contributed by atoms with E-state index in [1.165, 1.54) is 12.1 Å². The predicted molar refractivity (Wildman–Crippen MR) is 59.1 cm³/mol. The van der Waals surface area contributed by atoms with E-state index in [-0.39, 0.29) is 11.9 Å². The molecule has 1 aromatic heterocycles. The SMILES string of the molecule is NC(Cc1ccc(F)cc1)c1ccnnc1. The van der Waals surface area contributed by atoms with Crippen molar-refractivity contribution < 1.29 is 4.39 Å². The molecule has 2 N–H and O–H groups in total. The van der Waals surface area contributed by atoms with Crippen LogP contribution in [0.1, 0.15) is 17.2 Å². The molecule has 1 atom stereocenters. The van der Waals surface area contributed by atoms with Crippen molar-refractivity contribution in [2.24, 2.45) is 5.73 Å². The summed E-state index contributed by atoms with van der Waals surface area (Å²) < 4.78 is 12.7. The Hall–Kier alpha value is -1.81. The summed E-state index contributed by atoms with van der Waals surface area (Å²) in [5.41, 5.74) is 7.94. The van der Waals surface area contributed by atoms with Crippen LogP contribution in [0.2, 0.25) is 0 Å². The van der Waals surface area contributed by atoms with Crippen LogP contribution in [0, 0.1) is 5.82 Å². The van der Waals surface area contributed by atoms with Gasteiger partial charge in [0.25, 0.3) is 0 Å². The zero-order valence-electron chi connectivity index (χ0n) is 8.68. The average molecular weight is 217 g/mol.